The van der Waals surface area contributed by atoms with E-state index in [1.807, 2.05) is 18.2 Å². The fraction of sp³-hybridized carbons (Fsp3) is 0.455. The molecule has 3 heterocycles. The molecule has 178 valence electrons. The Bertz CT molecular complexity index is 972. The predicted molar refractivity (Wildman–Crippen MR) is 133 cm³/mol. The van der Waals surface area contributed by atoms with Crippen LogP contribution in [0.3, 0.4) is 0 Å². The van der Waals surface area contributed by atoms with Gasteiger partial charge in [0.1, 0.15) is 16.2 Å². The van der Waals surface area contributed by atoms with Crippen molar-refractivity contribution in [3.05, 3.63) is 42.9 Å². The normalized spacial score (nSPS) is 17.1. The molecule has 1 fully saturated rings. The SMILES string of the molecule is C=CC(=O)N1CCC(N=C(N)N/C(=C\CCN(C)CCOC)Nc2nc3cccnc3s2)C1. The minimum absolute atomic E-state index is 0.0468. The first-order valence-electron chi connectivity index (χ1n) is 10.9. The molecule has 1 atom stereocenters. The van der Waals surface area contributed by atoms with Gasteiger partial charge in [-0.25, -0.2) is 15.0 Å². The average molecular weight is 473 g/mol. The van der Waals surface area contributed by atoms with Crippen molar-refractivity contribution in [2.45, 2.75) is 18.9 Å². The summed E-state index contributed by atoms with van der Waals surface area (Å²) in [6, 6.07) is 3.75. The van der Waals surface area contributed by atoms with Gasteiger partial charge in [-0.15, -0.1) is 0 Å². The summed E-state index contributed by atoms with van der Waals surface area (Å²) < 4.78 is 5.14. The van der Waals surface area contributed by atoms with Crippen LogP contribution in [0, 0.1) is 0 Å². The zero-order valence-electron chi connectivity index (χ0n) is 19.2. The smallest absolute Gasteiger partial charge is 0.246 e. The molecule has 1 aliphatic rings. The van der Waals surface area contributed by atoms with Crippen molar-refractivity contribution >= 4 is 38.7 Å². The summed E-state index contributed by atoms with van der Waals surface area (Å²) >= 11 is 1.47. The van der Waals surface area contributed by atoms with Crippen LogP contribution in [0.1, 0.15) is 12.8 Å². The van der Waals surface area contributed by atoms with Gasteiger partial charge in [0, 0.05) is 39.5 Å². The summed E-state index contributed by atoms with van der Waals surface area (Å²) in [5.41, 5.74) is 7.05. The molecular formula is C22H32N8O2S. The number of nitrogens with one attached hydrogen (secondary N) is 2. The highest BCUT2D eigenvalue weighted by atomic mass is 32.1. The fourth-order valence-corrected chi connectivity index (χ4v) is 4.22. The number of aromatic nitrogens is 2. The standard InChI is InChI=1S/C22H32N8O2S/c1-4-19(31)30-12-9-16(15-30)25-21(23)27-18(8-6-11-29(2)13-14-32-3)28-22-26-17-7-5-10-24-20(17)33-22/h4-5,7-8,10,16H,1,6,9,11-15H2,2-3H3,(H,26,28)(H3,23,25,27)/b18-8+. The van der Waals surface area contributed by atoms with Crippen molar-refractivity contribution in [1.82, 2.24) is 25.1 Å². The molecule has 1 unspecified atom stereocenters. The largest absolute Gasteiger partial charge is 0.383 e. The van der Waals surface area contributed by atoms with E-state index in [1.165, 1.54) is 17.4 Å². The first-order valence-corrected chi connectivity index (χ1v) is 11.7. The molecule has 0 aliphatic carbocycles. The van der Waals surface area contributed by atoms with Crippen LogP contribution in [-0.2, 0) is 9.53 Å². The van der Waals surface area contributed by atoms with E-state index in [0.29, 0.717) is 36.6 Å². The lowest BCUT2D eigenvalue weighted by Gasteiger charge is -2.16. The van der Waals surface area contributed by atoms with Gasteiger partial charge in [-0.2, -0.15) is 0 Å². The number of carbonyl (C=O) groups is 1. The van der Waals surface area contributed by atoms with E-state index in [4.69, 9.17) is 10.5 Å². The molecule has 1 saturated heterocycles. The predicted octanol–water partition coefficient (Wildman–Crippen LogP) is 1.60. The number of fused-ring (bicyclic) bond motifs is 1. The molecular weight excluding hydrogens is 440 g/mol. The number of guanidine groups is 1. The zero-order chi connectivity index (χ0) is 23.6. The third kappa shape index (κ3) is 7.52. The summed E-state index contributed by atoms with van der Waals surface area (Å²) in [6.45, 7) is 7.13. The number of amides is 1. The van der Waals surface area contributed by atoms with E-state index in [0.717, 1.165) is 36.3 Å². The molecule has 3 rings (SSSR count). The Morgan fingerprint density at radius 3 is 3.12 bits per heavy atom. The average Bonchev–Trinajstić information content (AvgIpc) is 3.43. The third-order valence-electron chi connectivity index (χ3n) is 5.18. The van der Waals surface area contributed by atoms with Crippen molar-refractivity contribution in [3.8, 4) is 0 Å². The van der Waals surface area contributed by atoms with Crippen LogP contribution in [0.4, 0.5) is 5.13 Å². The maximum absolute atomic E-state index is 11.8. The van der Waals surface area contributed by atoms with Crippen LogP contribution < -0.4 is 16.4 Å². The van der Waals surface area contributed by atoms with Gasteiger partial charge >= 0.3 is 0 Å². The number of hydrogen-bond donors (Lipinski definition) is 3. The Kier molecular flexibility index (Phi) is 9.16. The highest BCUT2D eigenvalue weighted by molar-refractivity contribution is 7.21. The van der Waals surface area contributed by atoms with Gasteiger partial charge in [-0.1, -0.05) is 17.9 Å². The van der Waals surface area contributed by atoms with Gasteiger partial charge in [-0.05, 0) is 44.2 Å². The summed E-state index contributed by atoms with van der Waals surface area (Å²) in [7, 11) is 3.75. The van der Waals surface area contributed by atoms with Crippen molar-refractivity contribution in [1.29, 1.82) is 0 Å². The third-order valence-corrected chi connectivity index (χ3v) is 6.07. The van der Waals surface area contributed by atoms with Gasteiger partial charge in [-0.3, -0.25) is 4.79 Å². The van der Waals surface area contributed by atoms with E-state index < -0.39 is 0 Å². The summed E-state index contributed by atoms with van der Waals surface area (Å²) in [5.74, 6) is 0.912. The lowest BCUT2D eigenvalue weighted by atomic mass is 10.3. The highest BCUT2D eigenvalue weighted by Crippen LogP contribution is 2.24. The molecule has 4 N–H and O–H groups in total. The molecule has 2 aromatic rings. The second-order valence-corrected chi connectivity index (χ2v) is 8.72. The van der Waals surface area contributed by atoms with E-state index in [1.54, 1.807) is 18.2 Å². The van der Waals surface area contributed by atoms with E-state index in [9.17, 15) is 4.79 Å². The van der Waals surface area contributed by atoms with Gasteiger partial charge in [0.2, 0.25) is 5.91 Å². The second-order valence-electron chi connectivity index (χ2n) is 7.74. The number of pyridine rings is 1. The molecule has 0 aromatic carbocycles. The summed E-state index contributed by atoms with van der Waals surface area (Å²) in [5, 5.41) is 7.20. The summed E-state index contributed by atoms with van der Waals surface area (Å²) in [4.78, 5) is 30.1. The van der Waals surface area contributed by atoms with Crippen molar-refractivity contribution in [2.75, 3.05) is 52.3 Å². The number of likely N-dealkylation sites (N-methyl/N-ethyl adjacent to an activating group) is 1. The number of nitrogens with zero attached hydrogens (tertiary/aromatic N) is 5. The van der Waals surface area contributed by atoms with Gasteiger partial charge in [0.15, 0.2) is 11.1 Å². The van der Waals surface area contributed by atoms with Crippen LogP contribution >= 0.6 is 11.3 Å². The Morgan fingerprint density at radius 2 is 2.36 bits per heavy atom. The molecule has 10 nitrogen and oxygen atoms in total. The van der Waals surface area contributed by atoms with Crippen molar-refractivity contribution in [3.63, 3.8) is 0 Å². The first kappa shape index (κ1) is 24.6. The lowest BCUT2D eigenvalue weighted by Crippen LogP contribution is -2.36. The Morgan fingerprint density at radius 1 is 1.52 bits per heavy atom. The number of thiazole rings is 1. The fourth-order valence-electron chi connectivity index (χ4n) is 3.40. The minimum atomic E-state index is -0.0801. The number of methoxy groups -OCH3 is 1. The molecule has 33 heavy (non-hydrogen) atoms. The Balaban J connectivity index is 1.67. The monoisotopic (exact) mass is 472 g/mol. The van der Waals surface area contributed by atoms with Crippen LogP contribution in [0.5, 0.6) is 0 Å². The first-order chi connectivity index (χ1) is 16.0. The molecule has 0 spiro atoms. The van der Waals surface area contributed by atoms with Gasteiger partial charge < -0.3 is 30.9 Å². The van der Waals surface area contributed by atoms with Crippen molar-refractivity contribution in [2.24, 2.45) is 10.7 Å². The van der Waals surface area contributed by atoms with E-state index in [2.05, 4.69) is 44.1 Å². The van der Waals surface area contributed by atoms with E-state index in [-0.39, 0.29) is 11.9 Å². The molecule has 0 saturated carbocycles. The number of nitrogens with two attached hydrogens (primary N) is 1. The molecule has 0 radical (unpaired) electrons. The lowest BCUT2D eigenvalue weighted by molar-refractivity contribution is -0.125. The number of carbonyl (C=O) groups excluding carboxylic acids is 1. The molecule has 0 bridgehead atoms. The quantitative estimate of drug-likeness (QED) is 0.256. The maximum atomic E-state index is 11.8. The van der Waals surface area contributed by atoms with Gasteiger partial charge in [0.05, 0.1) is 12.6 Å². The Labute approximate surface area is 198 Å². The number of rotatable bonds is 11. The summed E-state index contributed by atoms with van der Waals surface area (Å²) in [6.07, 6.45) is 6.67. The van der Waals surface area contributed by atoms with Gasteiger partial charge in [0.25, 0.3) is 0 Å². The minimum Gasteiger partial charge on any atom is -0.383 e. The number of anilines is 1. The van der Waals surface area contributed by atoms with Crippen LogP contribution in [0.15, 0.2) is 47.9 Å². The highest BCUT2D eigenvalue weighted by Gasteiger charge is 2.24. The maximum Gasteiger partial charge on any atom is 0.246 e. The second kappa shape index (κ2) is 12.3. The molecule has 2 aromatic heterocycles. The van der Waals surface area contributed by atoms with Crippen LogP contribution in [0.2, 0.25) is 0 Å². The van der Waals surface area contributed by atoms with Crippen LogP contribution in [0.25, 0.3) is 10.3 Å². The number of ether oxygens (including phenoxy) is 1. The number of aliphatic imine (C=N–C) groups is 1. The topological polar surface area (TPSA) is 121 Å². The molecule has 11 heteroatoms. The van der Waals surface area contributed by atoms with Crippen LogP contribution in [-0.4, -0.2) is 84.6 Å². The Hall–Kier alpha value is -3.02. The van der Waals surface area contributed by atoms with E-state index >= 15 is 0 Å². The molecule has 1 aliphatic heterocycles. The van der Waals surface area contributed by atoms with Crippen molar-refractivity contribution < 1.29 is 9.53 Å². The zero-order valence-corrected chi connectivity index (χ0v) is 20.0. The molecule has 1 amide bonds. The number of likely N-dealkylation sites (tertiary alicyclic amines) is 1. The number of hydrogen-bond acceptors (Lipinski definition) is 8.